The third-order valence-electron chi connectivity index (χ3n) is 2.45. The number of nitrogens with one attached hydrogen (secondary N) is 2. The number of carboxylic acids is 1. The summed E-state index contributed by atoms with van der Waals surface area (Å²) < 4.78 is 50.7. The fourth-order valence-electron chi connectivity index (χ4n) is 1.33. The summed E-state index contributed by atoms with van der Waals surface area (Å²) in [6, 6.07) is 3.50. The summed E-state index contributed by atoms with van der Waals surface area (Å²) in [6.45, 7) is -0.329. The van der Waals surface area contributed by atoms with Crippen molar-refractivity contribution in [3.8, 4) is 0 Å². The molecule has 0 aromatic heterocycles. The molecule has 0 fully saturated rings. The van der Waals surface area contributed by atoms with E-state index in [0.29, 0.717) is 0 Å². The van der Waals surface area contributed by atoms with Gasteiger partial charge in [-0.05, 0) is 41.2 Å². The highest BCUT2D eigenvalue weighted by Crippen LogP contribution is 2.20. The van der Waals surface area contributed by atoms with Crippen LogP contribution in [0.15, 0.2) is 27.6 Å². The molecule has 21 heavy (non-hydrogen) atoms. The van der Waals surface area contributed by atoms with E-state index in [-0.39, 0.29) is 21.5 Å². The number of sulfonamides is 2. The van der Waals surface area contributed by atoms with Crippen molar-refractivity contribution >= 4 is 41.9 Å². The van der Waals surface area contributed by atoms with Gasteiger partial charge in [0.25, 0.3) is 0 Å². The second-order valence-corrected chi connectivity index (χ2v) is 8.53. The zero-order valence-corrected chi connectivity index (χ0v) is 14.0. The number of halogens is 1. The van der Waals surface area contributed by atoms with Crippen LogP contribution in [-0.4, -0.2) is 47.3 Å². The number of benzene rings is 1. The first-order valence-electron chi connectivity index (χ1n) is 5.53. The topological polar surface area (TPSA) is 130 Å². The maximum atomic E-state index is 12.0. The molecule has 0 radical (unpaired) electrons. The van der Waals surface area contributed by atoms with Crippen LogP contribution in [0.4, 0.5) is 0 Å². The first-order chi connectivity index (χ1) is 9.59. The largest absolute Gasteiger partial charge is 0.478 e. The van der Waals surface area contributed by atoms with Gasteiger partial charge < -0.3 is 5.11 Å². The van der Waals surface area contributed by atoms with Crippen LogP contribution in [0.3, 0.4) is 0 Å². The van der Waals surface area contributed by atoms with E-state index in [9.17, 15) is 21.6 Å². The summed E-state index contributed by atoms with van der Waals surface area (Å²) in [7, 11) is -6.30. The first-order valence-corrected chi connectivity index (χ1v) is 9.45. The average molecular weight is 401 g/mol. The van der Waals surface area contributed by atoms with Crippen LogP contribution in [0.1, 0.15) is 10.4 Å². The van der Waals surface area contributed by atoms with Gasteiger partial charge in [-0.25, -0.2) is 31.1 Å². The molecule has 0 saturated heterocycles. The molecule has 0 amide bonds. The lowest BCUT2D eigenvalue weighted by atomic mass is 10.2. The minimum Gasteiger partial charge on any atom is -0.478 e. The van der Waals surface area contributed by atoms with Crippen molar-refractivity contribution in [2.45, 2.75) is 4.90 Å². The summed E-state index contributed by atoms with van der Waals surface area (Å²) in [5, 5.41) is 8.94. The van der Waals surface area contributed by atoms with Gasteiger partial charge in [-0.15, -0.1) is 0 Å². The maximum absolute atomic E-state index is 12.0. The minimum atomic E-state index is -3.99. The normalized spacial score (nSPS) is 12.3. The Balaban J connectivity index is 2.94. The molecule has 8 nitrogen and oxygen atoms in total. The number of carbonyl (C=O) groups is 1. The van der Waals surface area contributed by atoms with Crippen molar-refractivity contribution in [1.29, 1.82) is 0 Å². The Morgan fingerprint density at radius 1 is 1.29 bits per heavy atom. The van der Waals surface area contributed by atoms with Gasteiger partial charge in [-0.2, -0.15) is 0 Å². The van der Waals surface area contributed by atoms with Crippen molar-refractivity contribution in [2.75, 3.05) is 19.3 Å². The lowest BCUT2D eigenvalue weighted by Crippen LogP contribution is -2.33. The molecular weight excluding hydrogens is 388 g/mol. The standard InChI is InChI=1S/C10H13BrN2O6S2/c1-12-20(16,17)5-4-13-21(18,19)7-2-3-9(11)8(6-7)10(14)15/h2-3,6,12-13H,4-5H2,1H3,(H,14,15). The molecule has 3 N–H and O–H groups in total. The van der Waals surface area contributed by atoms with E-state index >= 15 is 0 Å². The minimum absolute atomic E-state index is 0.208. The third-order valence-corrected chi connectivity index (χ3v) is 5.97. The molecule has 0 heterocycles. The summed E-state index contributed by atoms with van der Waals surface area (Å²) >= 11 is 3.00. The van der Waals surface area contributed by atoms with E-state index in [2.05, 4.69) is 25.4 Å². The molecule has 1 rings (SSSR count). The van der Waals surface area contributed by atoms with Crippen LogP contribution in [0, 0.1) is 0 Å². The number of aromatic carboxylic acids is 1. The highest BCUT2D eigenvalue weighted by Gasteiger charge is 2.19. The van der Waals surface area contributed by atoms with Crippen molar-refractivity contribution in [1.82, 2.24) is 9.44 Å². The molecule has 0 unspecified atom stereocenters. The average Bonchev–Trinajstić information content (AvgIpc) is 2.38. The van der Waals surface area contributed by atoms with Crippen molar-refractivity contribution in [3.05, 3.63) is 28.2 Å². The van der Waals surface area contributed by atoms with E-state index in [0.717, 1.165) is 6.07 Å². The van der Waals surface area contributed by atoms with E-state index in [1.54, 1.807) is 0 Å². The van der Waals surface area contributed by atoms with Crippen LogP contribution < -0.4 is 9.44 Å². The zero-order chi connectivity index (χ0) is 16.3. The van der Waals surface area contributed by atoms with Crippen LogP contribution in [0.2, 0.25) is 0 Å². The van der Waals surface area contributed by atoms with Crippen LogP contribution >= 0.6 is 15.9 Å². The van der Waals surface area contributed by atoms with Crippen LogP contribution in [-0.2, 0) is 20.0 Å². The molecule has 0 aliphatic carbocycles. The van der Waals surface area contributed by atoms with Crippen molar-refractivity contribution in [3.63, 3.8) is 0 Å². The first kappa shape index (κ1) is 18.0. The van der Waals surface area contributed by atoms with Crippen molar-refractivity contribution in [2.24, 2.45) is 0 Å². The van der Waals surface area contributed by atoms with Gasteiger partial charge in [0.15, 0.2) is 0 Å². The Hall–Kier alpha value is -1.01. The Morgan fingerprint density at radius 3 is 2.43 bits per heavy atom. The number of hydrogen-bond donors (Lipinski definition) is 3. The molecule has 0 bridgehead atoms. The predicted octanol–water partition coefficient (Wildman–Crippen LogP) is -0.0252. The van der Waals surface area contributed by atoms with Gasteiger partial charge in [0.05, 0.1) is 16.2 Å². The van der Waals surface area contributed by atoms with Crippen LogP contribution in [0.5, 0.6) is 0 Å². The van der Waals surface area contributed by atoms with E-state index in [1.807, 2.05) is 0 Å². The summed E-state index contributed by atoms with van der Waals surface area (Å²) in [5.41, 5.74) is -0.208. The predicted molar refractivity (Wildman–Crippen MR) is 79.1 cm³/mol. The monoisotopic (exact) mass is 400 g/mol. The molecular formula is C10H13BrN2O6S2. The van der Waals surface area contributed by atoms with E-state index < -0.39 is 31.8 Å². The number of hydrogen-bond acceptors (Lipinski definition) is 5. The maximum Gasteiger partial charge on any atom is 0.336 e. The molecule has 11 heteroatoms. The van der Waals surface area contributed by atoms with Crippen LogP contribution in [0.25, 0.3) is 0 Å². The van der Waals surface area contributed by atoms with E-state index in [1.165, 1.54) is 19.2 Å². The second-order valence-electron chi connectivity index (χ2n) is 3.87. The van der Waals surface area contributed by atoms with Gasteiger partial charge in [-0.1, -0.05) is 0 Å². The Kier molecular flexibility index (Phi) is 5.87. The fourth-order valence-corrected chi connectivity index (χ4v) is 3.51. The second kappa shape index (κ2) is 6.83. The number of carboxylic acid groups (broad SMARTS) is 1. The van der Waals surface area contributed by atoms with Gasteiger partial charge in [0, 0.05) is 11.0 Å². The lowest BCUT2D eigenvalue weighted by molar-refractivity contribution is 0.0695. The molecule has 0 aliphatic heterocycles. The zero-order valence-electron chi connectivity index (χ0n) is 10.8. The van der Waals surface area contributed by atoms with E-state index in [4.69, 9.17) is 5.11 Å². The van der Waals surface area contributed by atoms with Crippen molar-refractivity contribution < 1.29 is 26.7 Å². The molecule has 0 saturated carbocycles. The molecule has 118 valence electrons. The van der Waals surface area contributed by atoms with Gasteiger partial charge in [-0.3, -0.25) is 0 Å². The summed E-state index contributed by atoms with van der Waals surface area (Å²) in [6.07, 6.45) is 0. The lowest BCUT2D eigenvalue weighted by Gasteiger charge is -2.08. The summed E-state index contributed by atoms with van der Waals surface area (Å²) in [5.74, 6) is -1.71. The van der Waals surface area contributed by atoms with Gasteiger partial charge in [0.2, 0.25) is 20.0 Å². The number of rotatable bonds is 7. The van der Waals surface area contributed by atoms with Gasteiger partial charge in [0.1, 0.15) is 0 Å². The fraction of sp³-hybridized carbons (Fsp3) is 0.300. The highest BCUT2D eigenvalue weighted by atomic mass is 79.9. The molecule has 1 aromatic carbocycles. The van der Waals surface area contributed by atoms with Gasteiger partial charge >= 0.3 is 5.97 Å². The Labute approximate surface area is 130 Å². The SMILES string of the molecule is CNS(=O)(=O)CCNS(=O)(=O)c1ccc(Br)c(C(=O)O)c1. The molecule has 1 aromatic rings. The third kappa shape index (κ3) is 5.04. The molecule has 0 spiro atoms. The quantitative estimate of drug-likeness (QED) is 0.589. The smallest absolute Gasteiger partial charge is 0.336 e. The Bertz CT molecular complexity index is 745. The highest BCUT2D eigenvalue weighted by molar-refractivity contribution is 9.10. The molecule has 0 aliphatic rings. The summed E-state index contributed by atoms with van der Waals surface area (Å²) in [4.78, 5) is 10.7. The Morgan fingerprint density at radius 2 is 1.90 bits per heavy atom. The molecule has 0 atom stereocenters.